The number of carbonyl (C=O) groups is 3. The van der Waals surface area contributed by atoms with Crippen molar-refractivity contribution in [1.82, 2.24) is 0 Å². The van der Waals surface area contributed by atoms with E-state index in [-0.39, 0.29) is 31.1 Å². The number of hydrogen-bond acceptors (Lipinski definition) is 6. The fraction of sp³-hybridized carbons (Fsp3) is 0.712. The van der Waals surface area contributed by atoms with Gasteiger partial charge in [0.2, 0.25) is 0 Å². The molecule has 0 N–H and O–H groups in total. The van der Waals surface area contributed by atoms with Crippen molar-refractivity contribution in [3.63, 3.8) is 0 Å². The highest BCUT2D eigenvalue weighted by Gasteiger charge is 2.19. The van der Waals surface area contributed by atoms with Crippen LogP contribution in [0.15, 0.2) is 109 Å². The van der Waals surface area contributed by atoms with Crippen LogP contribution in [0.3, 0.4) is 0 Å². The Kier molecular flexibility index (Phi) is 63.3. The van der Waals surface area contributed by atoms with Crippen molar-refractivity contribution >= 4 is 17.9 Å². The molecule has 0 rings (SSSR count). The van der Waals surface area contributed by atoms with E-state index in [9.17, 15) is 14.4 Å². The number of ether oxygens (including phenoxy) is 3. The molecule has 0 saturated carbocycles. The highest BCUT2D eigenvalue weighted by molar-refractivity contribution is 5.71. The smallest absolute Gasteiger partial charge is 0.306 e. The summed E-state index contributed by atoms with van der Waals surface area (Å²) in [4.78, 5) is 38.4. The van der Waals surface area contributed by atoms with Crippen molar-refractivity contribution in [3.8, 4) is 0 Å². The number of carbonyl (C=O) groups excluding carboxylic acids is 3. The molecule has 1 atom stereocenters. The summed E-state index contributed by atoms with van der Waals surface area (Å²) in [6, 6.07) is 0. The monoisotopic (exact) mass is 1100 g/mol. The minimum Gasteiger partial charge on any atom is -0.462 e. The second-order valence-electron chi connectivity index (χ2n) is 22.0. The Morgan fingerprint density at radius 1 is 0.266 bits per heavy atom. The number of rotatable bonds is 60. The molecule has 6 nitrogen and oxygen atoms in total. The summed E-state index contributed by atoms with van der Waals surface area (Å²) in [5, 5.41) is 0. The third kappa shape index (κ3) is 64.8. The van der Waals surface area contributed by atoms with Gasteiger partial charge in [0.1, 0.15) is 13.2 Å². The van der Waals surface area contributed by atoms with Gasteiger partial charge in [-0.1, -0.05) is 284 Å². The molecular weight excluding hydrogens is 973 g/mol. The third-order valence-corrected chi connectivity index (χ3v) is 14.2. The van der Waals surface area contributed by atoms with Crippen LogP contribution in [-0.2, 0) is 28.6 Å². The van der Waals surface area contributed by atoms with Crippen molar-refractivity contribution in [2.24, 2.45) is 0 Å². The Bertz CT molecular complexity index is 1590. The first-order chi connectivity index (χ1) is 39.0. The van der Waals surface area contributed by atoms with Crippen molar-refractivity contribution in [3.05, 3.63) is 109 Å². The lowest BCUT2D eigenvalue weighted by molar-refractivity contribution is -0.167. The average molecular weight is 1100 g/mol. The van der Waals surface area contributed by atoms with Gasteiger partial charge in [-0.25, -0.2) is 0 Å². The Morgan fingerprint density at radius 2 is 0.494 bits per heavy atom. The minimum atomic E-state index is -0.790. The van der Waals surface area contributed by atoms with Gasteiger partial charge in [0.05, 0.1) is 0 Å². The fourth-order valence-electron chi connectivity index (χ4n) is 9.30. The van der Waals surface area contributed by atoms with Crippen molar-refractivity contribution in [1.29, 1.82) is 0 Å². The van der Waals surface area contributed by atoms with Gasteiger partial charge in [-0.15, -0.1) is 0 Å². The van der Waals surface area contributed by atoms with Gasteiger partial charge in [0.15, 0.2) is 6.10 Å². The Balaban J connectivity index is 4.39. The molecule has 0 aliphatic carbocycles. The summed E-state index contributed by atoms with van der Waals surface area (Å²) in [6.45, 7) is 6.42. The normalized spacial score (nSPS) is 12.8. The molecule has 0 heterocycles. The first-order valence-electron chi connectivity index (χ1n) is 33.4. The van der Waals surface area contributed by atoms with Crippen LogP contribution in [-0.4, -0.2) is 37.2 Å². The first kappa shape index (κ1) is 75.1. The molecule has 0 radical (unpaired) electrons. The average Bonchev–Trinajstić information content (AvgIpc) is 3.45. The van der Waals surface area contributed by atoms with Crippen LogP contribution in [0.25, 0.3) is 0 Å². The minimum absolute atomic E-state index is 0.0853. The highest BCUT2D eigenvalue weighted by atomic mass is 16.6. The summed E-state index contributed by atoms with van der Waals surface area (Å²) in [5.74, 6) is -0.893. The van der Waals surface area contributed by atoms with E-state index < -0.39 is 6.10 Å². The van der Waals surface area contributed by atoms with Crippen LogP contribution in [0.5, 0.6) is 0 Å². The van der Waals surface area contributed by atoms with Crippen molar-refractivity contribution in [2.75, 3.05) is 13.2 Å². The maximum Gasteiger partial charge on any atom is 0.306 e. The molecule has 0 aliphatic rings. The standard InChI is InChI=1S/C73H124O6/c1-4-7-10-13-16-19-22-25-28-31-33-35-36-38-39-42-45-48-51-54-57-60-63-66-72(75)78-69-70(68-77-71(74)65-62-59-56-53-50-47-44-41-30-27-24-21-18-15-12-9-6-3)79-73(76)67-64-61-58-55-52-49-46-43-40-37-34-32-29-26-23-20-17-14-11-8-5-2/h7,9-10,12,16,18-19,21,23,25-28,30,32-35,70H,4-6,8,11,13-15,17,20,22,24,29,31,36-69H2,1-3H3/b10-7-,12-9-,19-16-,21-18-,26-23-,28-25-,30-27-,34-32-,35-33-. The van der Waals surface area contributed by atoms with Gasteiger partial charge in [-0.2, -0.15) is 0 Å². The maximum absolute atomic E-state index is 12.9. The third-order valence-electron chi connectivity index (χ3n) is 14.2. The molecule has 0 bridgehead atoms. The van der Waals surface area contributed by atoms with Crippen LogP contribution in [0, 0.1) is 0 Å². The topological polar surface area (TPSA) is 78.9 Å². The van der Waals surface area contributed by atoms with Crippen LogP contribution < -0.4 is 0 Å². The molecule has 6 heteroatoms. The Morgan fingerprint density at radius 3 is 0.772 bits per heavy atom. The van der Waals surface area contributed by atoms with E-state index in [0.717, 1.165) is 116 Å². The molecule has 0 aromatic rings. The van der Waals surface area contributed by atoms with Crippen LogP contribution in [0.2, 0.25) is 0 Å². The summed E-state index contributed by atoms with van der Waals surface area (Å²) >= 11 is 0. The summed E-state index contributed by atoms with van der Waals surface area (Å²) < 4.78 is 17.0. The molecule has 0 spiro atoms. The molecular formula is C73H124O6. The quantitative estimate of drug-likeness (QED) is 0.0261. The zero-order chi connectivity index (χ0) is 57.1. The molecule has 0 aliphatic heterocycles. The van der Waals surface area contributed by atoms with E-state index in [4.69, 9.17) is 14.2 Å². The summed E-state index contributed by atoms with van der Waals surface area (Å²) in [5.41, 5.74) is 0. The second-order valence-corrected chi connectivity index (χ2v) is 22.0. The number of allylic oxidation sites excluding steroid dienone is 18. The lowest BCUT2D eigenvalue weighted by atomic mass is 10.1. The van der Waals surface area contributed by atoms with E-state index in [0.29, 0.717) is 19.3 Å². The van der Waals surface area contributed by atoms with Gasteiger partial charge in [0.25, 0.3) is 0 Å². The molecule has 0 amide bonds. The van der Waals surface area contributed by atoms with E-state index in [2.05, 4.69) is 130 Å². The molecule has 452 valence electrons. The lowest BCUT2D eigenvalue weighted by Crippen LogP contribution is -2.30. The van der Waals surface area contributed by atoms with Crippen molar-refractivity contribution in [2.45, 2.75) is 322 Å². The molecule has 0 saturated heterocycles. The highest BCUT2D eigenvalue weighted by Crippen LogP contribution is 2.16. The largest absolute Gasteiger partial charge is 0.462 e. The summed E-state index contributed by atoms with van der Waals surface area (Å²) in [7, 11) is 0. The maximum atomic E-state index is 12.9. The van der Waals surface area contributed by atoms with Crippen LogP contribution in [0.4, 0.5) is 0 Å². The Hall–Kier alpha value is -3.93. The predicted octanol–water partition coefficient (Wildman–Crippen LogP) is 23.0. The van der Waals surface area contributed by atoms with Crippen molar-refractivity contribution < 1.29 is 28.6 Å². The molecule has 79 heavy (non-hydrogen) atoms. The van der Waals surface area contributed by atoms with Gasteiger partial charge in [-0.3, -0.25) is 14.4 Å². The fourth-order valence-corrected chi connectivity index (χ4v) is 9.30. The van der Waals surface area contributed by atoms with E-state index in [1.807, 2.05) is 0 Å². The number of esters is 3. The van der Waals surface area contributed by atoms with Gasteiger partial charge >= 0.3 is 17.9 Å². The lowest BCUT2D eigenvalue weighted by Gasteiger charge is -2.18. The van der Waals surface area contributed by atoms with E-state index in [1.54, 1.807) is 0 Å². The van der Waals surface area contributed by atoms with Crippen LogP contribution in [0.1, 0.15) is 316 Å². The van der Waals surface area contributed by atoms with Gasteiger partial charge in [-0.05, 0) is 122 Å². The molecule has 0 aromatic heterocycles. The van der Waals surface area contributed by atoms with E-state index >= 15 is 0 Å². The first-order valence-corrected chi connectivity index (χ1v) is 33.4. The zero-order valence-corrected chi connectivity index (χ0v) is 51.9. The molecule has 0 aromatic carbocycles. The molecule has 0 fully saturated rings. The van der Waals surface area contributed by atoms with Gasteiger partial charge < -0.3 is 14.2 Å². The van der Waals surface area contributed by atoms with Crippen LogP contribution >= 0.6 is 0 Å². The number of hydrogen-bond donors (Lipinski definition) is 0. The van der Waals surface area contributed by atoms with Gasteiger partial charge in [0, 0.05) is 19.3 Å². The SMILES string of the molecule is CC/C=C\C/C=C\C/C=C\C/C=C\CCCCCCCCCCCCC(=O)OCC(COC(=O)CCCCCCCCC/C=C\C/C=C\C/C=C\CC)OC(=O)CCCCCCCCCCC/C=C\C/C=C\CCCCCCC. The van der Waals surface area contributed by atoms with E-state index in [1.165, 1.54) is 161 Å². The molecule has 1 unspecified atom stereocenters. The number of unbranched alkanes of at least 4 members (excludes halogenated alkanes) is 31. The second kappa shape index (κ2) is 66.6. The summed E-state index contributed by atoms with van der Waals surface area (Å²) in [6.07, 6.45) is 90.9. The Labute approximate surface area is 489 Å². The predicted molar refractivity (Wildman–Crippen MR) is 343 cm³/mol. The zero-order valence-electron chi connectivity index (χ0n) is 51.9.